The average Bonchev–Trinajstić information content (AvgIpc) is 3.13. The number of carbonyl (C=O) groups excluding carboxylic acids is 1. The zero-order valence-electron chi connectivity index (χ0n) is 21.8. The minimum absolute atomic E-state index is 0.141. The van der Waals surface area contributed by atoms with Crippen LogP contribution in [0.5, 0.6) is 5.75 Å². The molecule has 1 aliphatic heterocycles. The number of sulfonamides is 1. The maximum atomic E-state index is 12.9. The van der Waals surface area contributed by atoms with Crippen LogP contribution in [0.1, 0.15) is 36.8 Å². The van der Waals surface area contributed by atoms with Crippen LogP contribution in [0.4, 0.5) is 0 Å². The lowest BCUT2D eigenvalue weighted by molar-refractivity contribution is -0.00343. The fraction of sp³-hybridized carbons (Fsp3) is 0.333. The molecular weight excluding hydrogens is 563 g/mol. The fourth-order valence-electron chi connectivity index (χ4n) is 3.83. The first-order valence-electron chi connectivity index (χ1n) is 12.0. The highest BCUT2D eigenvalue weighted by Gasteiger charge is 2.33. The summed E-state index contributed by atoms with van der Waals surface area (Å²) in [4.78, 5) is 12.9. The predicted octanol–water partition coefficient (Wildman–Crippen LogP) is 4.09. The number of nitrogens with zero attached hydrogens (tertiary/aromatic N) is 3. The Morgan fingerprint density at radius 3 is 2.44 bits per heavy atom. The summed E-state index contributed by atoms with van der Waals surface area (Å²) in [5.74, 6) is 5.06. The van der Waals surface area contributed by atoms with Gasteiger partial charge in [0.15, 0.2) is 11.4 Å². The van der Waals surface area contributed by atoms with Crippen LogP contribution in [0.3, 0.4) is 0 Å². The zero-order valence-corrected chi connectivity index (χ0v) is 24.2. The third-order valence-corrected chi connectivity index (χ3v) is 7.56. The largest absolute Gasteiger partial charge is 0.504 e. The molecule has 0 bridgehead atoms. The van der Waals surface area contributed by atoms with E-state index < -0.39 is 21.5 Å². The molecule has 0 radical (unpaired) electrons. The van der Waals surface area contributed by atoms with E-state index in [1.807, 2.05) is 20.8 Å². The monoisotopic (exact) mass is 590 g/mol. The van der Waals surface area contributed by atoms with E-state index in [0.29, 0.717) is 39.9 Å². The summed E-state index contributed by atoms with van der Waals surface area (Å²) in [5.41, 5.74) is 1.24. The number of rotatable bonds is 6. The number of aromatic nitrogens is 2. The molecule has 0 aliphatic carbocycles. The van der Waals surface area contributed by atoms with Crippen molar-refractivity contribution in [1.29, 1.82) is 0 Å². The average molecular weight is 592 g/mol. The van der Waals surface area contributed by atoms with E-state index in [2.05, 4.69) is 22.3 Å². The lowest BCUT2D eigenvalue weighted by Gasteiger charge is -2.36. The van der Waals surface area contributed by atoms with Gasteiger partial charge in [-0.25, -0.2) is 13.1 Å². The van der Waals surface area contributed by atoms with E-state index >= 15 is 0 Å². The summed E-state index contributed by atoms with van der Waals surface area (Å²) < 4.78 is 31.2. The topological polar surface area (TPSA) is 114 Å². The second-order valence-electron chi connectivity index (χ2n) is 10.1. The van der Waals surface area contributed by atoms with Crippen molar-refractivity contribution in [1.82, 2.24) is 19.4 Å². The maximum absolute atomic E-state index is 12.9. The molecule has 1 aromatic heterocycles. The van der Waals surface area contributed by atoms with Gasteiger partial charge in [-0.2, -0.15) is 9.40 Å². The number of halogens is 2. The van der Waals surface area contributed by atoms with Gasteiger partial charge in [-0.15, -0.1) is 0 Å². The Morgan fingerprint density at radius 1 is 1.18 bits per heavy atom. The van der Waals surface area contributed by atoms with Gasteiger partial charge in [0.1, 0.15) is 12.3 Å². The molecule has 4 rings (SSSR count). The molecular formula is C27H28Cl2N4O5S. The molecule has 1 saturated heterocycles. The van der Waals surface area contributed by atoms with Crippen LogP contribution in [0, 0.1) is 11.8 Å². The van der Waals surface area contributed by atoms with Gasteiger partial charge in [-0.05, 0) is 51.1 Å². The zero-order chi connectivity index (χ0) is 28.5. The van der Waals surface area contributed by atoms with Crippen molar-refractivity contribution in [2.24, 2.45) is 0 Å². The molecule has 0 spiro atoms. The summed E-state index contributed by atoms with van der Waals surface area (Å²) in [6, 6.07) is 11.9. The van der Waals surface area contributed by atoms with E-state index in [4.69, 9.17) is 27.9 Å². The molecule has 0 unspecified atom stereocenters. The standard InChI is InChI=1S/C27H28Cl2N4O5S/c1-27(2,3)30-26(35)23-25(34)24(18-8-10-19(28)11-9-18)33(31-23)22-12-7-17(14-21(22)29)6-5-13-38-20-15-32(16-20)39(4,36)37/h7-12,14,20,34H,13,15-16H2,1-4H3,(H,30,35). The first-order chi connectivity index (χ1) is 18.2. The SMILES string of the molecule is CC(C)(C)NC(=O)c1nn(-c2ccc(C#CCOC3CN(S(C)(=O)=O)C3)cc2Cl)c(-c2ccc(Cl)cc2)c1O. The number of carbonyl (C=O) groups is 1. The van der Waals surface area contributed by atoms with Crippen molar-refractivity contribution >= 4 is 39.1 Å². The number of aromatic hydroxyl groups is 1. The van der Waals surface area contributed by atoms with Crippen LogP contribution < -0.4 is 5.32 Å². The number of hydrogen-bond acceptors (Lipinski definition) is 6. The highest BCUT2D eigenvalue weighted by Crippen LogP contribution is 2.37. The maximum Gasteiger partial charge on any atom is 0.276 e. The van der Waals surface area contributed by atoms with Gasteiger partial charge in [-0.1, -0.05) is 47.2 Å². The first-order valence-corrected chi connectivity index (χ1v) is 14.6. The van der Waals surface area contributed by atoms with Crippen LogP contribution >= 0.6 is 23.2 Å². The molecule has 0 saturated carbocycles. The van der Waals surface area contributed by atoms with E-state index in [0.717, 1.165) is 0 Å². The highest BCUT2D eigenvalue weighted by molar-refractivity contribution is 7.88. The first kappa shape index (κ1) is 28.9. The normalized spacial score (nSPS) is 14.4. The minimum Gasteiger partial charge on any atom is -0.504 e. The smallest absolute Gasteiger partial charge is 0.276 e. The Kier molecular flexibility index (Phi) is 8.30. The lowest BCUT2D eigenvalue weighted by Crippen LogP contribution is -2.54. The Hall–Kier alpha value is -3.07. The highest BCUT2D eigenvalue weighted by atomic mass is 35.5. The molecule has 1 aliphatic rings. The molecule has 2 N–H and O–H groups in total. The van der Waals surface area contributed by atoms with Crippen molar-refractivity contribution in [2.45, 2.75) is 32.4 Å². The van der Waals surface area contributed by atoms with Crippen LogP contribution in [0.15, 0.2) is 42.5 Å². The third-order valence-electron chi connectivity index (χ3n) is 5.77. The number of hydrogen-bond donors (Lipinski definition) is 2. The van der Waals surface area contributed by atoms with Crippen LogP contribution in [0.2, 0.25) is 10.0 Å². The van der Waals surface area contributed by atoms with Crippen LogP contribution in [-0.2, 0) is 14.8 Å². The summed E-state index contributed by atoms with van der Waals surface area (Å²) >= 11 is 12.7. The van der Waals surface area contributed by atoms with Gasteiger partial charge >= 0.3 is 0 Å². The molecule has 12 heteroatoms. The van der Waals surface area contributed by atoms with Crippen LogP contribution in [0.25, 0.3) is 16.9 Å². The van der Waals surface area contributed by atoms with Gasteiger partial charge in [0.05, 0.1) is 23.1 Å². The van der Waals surface area contributed by atoms with Gasteiger partial charge in [0.25, 0.3) is 5.91 Å². The predicted molar refractivity (Wildman–Crippen MR) is 151 cm³/mol. The van der Waals surface area contributed by atoms with E-state index in [1.54, 1.807) is 42.5 Å². The van der Waals surface area contributed by atoms with Gasteiger partial charge < -0.3 is 15.2 Å². The summed E-state index contributed by atoms with van der Waals surface area (Å²) in [6.45, 7) is 6.28. The third kappa shape index (κ3) is 6.93. The van der Waals surface area contributed by atoms with E-state index in [9.17, 15) is 18.3 Å². The van der Waals surface area contributed by atoms with E-state index in [-0.39, 0.29) is 29.8 Å². The lowest BCUT2D eigenvalue weighted by atomic mass is 10.1. The number of ether oxygens (including phenoxy) is 1. The number of amides is 1. The molecule has 206 valence electrons. The van der Waals surface area contributed by atoms with Gasteiger partial charge in [-0.3, -0.25) is 4.79 Å². The molecule has 1 fully saturated rings. The number of nitrogens with one attached hydrogen (secondary N) is 1. The Balaban J connectivity index is 1.59. The van der Waals surface area contributed by atoms with Crippen molar-refractivity contribution in [2.75, 3.05) is 26.0 Å². The minimum atomic E-state index is -3.19. The molecule has 1 amide bonds. The molecule has 9 nitrogen and oxygen atoms in total. The summed E-state index contributed by atoms with van der Waals surface area (Å²) in [6.07, 6.45) is 0.990. The number of benzene rings is 2. The Labute approximate surface area is 237 Å². The van der Waals surface area contributed by atoms with Gasteiger partial charge in [0.2, 0.25) is 10.0 Å². The molecule has 0 atom stereocenters. The summed E-state index contributed by atoms with van der Waals surface area (Å²) in [7, 11) is -3.19. The Bertz CT molecular complexity index is 1560. The van der Waals surface area contributed by atoms with E-state index in [1.165, 1.54) is 15.2 Å². The van der Waals surface area contributed by atoms with Crippen LogP contribution in [-0.4, -0.2) is 71.1 Å². The molecule has 2 aromatic carbocycles. The molecule has 3 aromatic rings. The second kappa shape index (κ2) is 11.2. The van der Waals surface area contributed by atoms with Gasteiger partial charge in [0, 0.05) is 34.8 Å². The van der Waals surface area contributed by atoms with Crippen molar-refractivity contribution in [3.8, 4) is 34.5 Å². The fourth-order valence-corrected chi connectivity index (χ4v) is 5.10. The van der Waals surface area contributed by atoms with Crippen molar-refractivity contribution in [3.63, 3.8) is 0 Å². The summed E-state index contributed by atoms with van der Waals surface area (Å²) in [5, 5.41) is 19.1. The van der Waals surface area contributed by atoms with Crippen molar-refractivity contribution in [3.05, 3.63) is 63.8 Å². The quantitative estimate of drug-likeness (QED) is 0.418. The van der Waals surface area contributed by atoms with Crippen molar-refractivity contribution < 1.29 is 23.1 Å². The molecule has 2 heterocycles. The molecule has 39 heavy (non-hydrogen) atoms. The second-order valence-corrected chi connectivity index (χ2v) is 13.0. The Morgan fingerprint density at radius 2 is 1.85 bits per heavy atom.